The second kappa shape index (κ2) is 4.88. The third kappa shape index (κ3) is 2.27. The second-order valence-electron chi connectivity index (χ2n) is 4.41. The highest BCUT2D eigenvalue weighted by Gasteiger charge is 2.21. The van der Waals surface area contributed by atoms with E-state index in [1.54, 1.807) is 0 Å². The van der Waals surface area contributed by atoms with Crippen LogP contribution in [0.25, 0.3) is 11.5 Å². The van der Waals surface area contributed by atoms with Crippen LogP contribution in [0.15, 0.2) is 28.8 Å². The molecule has 0 aliphatic carbocycles. The van der Waals surface area contributed by atoms with Crippen LogP contribution in [0.4, 0.5) is 0 Å². The number of hydrogen-bond donors (Lipinski definition) is 1. The largest absolute Gasteiger partial charge is 0.378 e. The summed E-state index contributed by atoms with van der Waals surface area (Å²) in [6.45, 7) is 4.19. The summed E-state index contributed by atoms with van der Waals surface area (Å²) in [6, 6.07) is 8.05. The highest BCUT2D eigenvalue weighted by atomic mass is 16.5. The van der Waals surface area contributed by atoms with E-state index in [2.05, 4.69) is 15.5 Å². The molecular weight excluding hydrogens is 230 g/mol. The molecule has 1 aliphatic rings. The molecule has 1 unspecified atom stereocenters. The van der Waals surface area contributed by atoms with Crippen LogP contribution < -0.4 is 5.32 Å². The summed E-state index contributed by atoms with van der Waals surface area (Å²) in [6.07, 6.45) is 0. The average molecular weight is 245 g/mol. The number of ether oxygens (including phenoxy) is 1. The number of aromatic nitrogens is 2. The Labute approximate surface area is 105 Å². The Balaban J connectivity index is 1.82. The summed E-state index contributed by atoms with van der Waals surface area (Å²) in [5, 5.41) is 7.31. The first kappa shape index (κ1) is 11.4. The Kier molecular flexibility index (Phi) is 3.08. The predicted molar refractivity (Wildman–Crippen MR) is 66.0 cm³/mol. The molecule has 1 aromatic heterocycles. The van der Waals surface area contributed by atoms with Crippen molar-refractivity contribution < 1.29 is 9.26 Å². The molecule has 5 heteroatoms. The summed E-state index contributed by atoms with van der Waals surface area (Å²) in [7, 11) is 0. The molecule has 0 bridgehead atoms. The summed E-state index contributed by atoms with van der Waals surface area (Å²) >= 11 is 0. The first-order chi connectivity index (χ1) is 8.83. The summed E-state index contributed by atoms with van der Waals surface area (Å²) in [4.78, 5) is 4.41. The molecule has 5 nitrogen and oxygen atoms in total. The molecule has 0 amide bonds. The van der Waals surface area contributed by atoms with E-state index in [1.165, 1.54) is 5.56 Å². The molecule has 1 saturated heterocycles. The molecule has 1 aromatic carbocycles. The van der Waals surface area contributed by atoms with E-state index in [-0.39, 0.29) is 6.04 Å². The van der Waals surface area contributed by atoms with Gasteiger partial charge in [0.25, 0.3) is 5.89 Å². The summed E-state index contributed by atoms with van der Waals surface area (Å²) < 4.78 is 10.7. The van der Waals surface area contributed by atoms with Crippen molar-refractivity contribution in [3.63, 3.8) is 0 Å². The molecule has 94 valence electrons. The van der Waals surface area contributed by atoms with E-state index in [0.717, 1.165) is 18.7 Å². The van der Waals surface area contributed by atoms with Gasteiger partial charge in [0.05, 0.1) is 19.3 Å². The van der Waals surface area contributed by atoms with Gasteiger partial charge in [-0.15, -0.1) is 0 Å². The zero-order valence-corrected chi connectivity index (χ0v) is 10.2. The van der Waals surface area contributed by atoms with Crippen LogP contribution in [-0.4, -0.2) is 29.9 Å². The molecule has 0 spiro atoms. The maximum atomic E-state index is 5.38. The van der Waals surface area contributed by atoms with E-state index < -0.39 is 0 Å². The second-order valence-corrected chi connectivity index (χ2v) is 4.41. The van der Waals surface area contributed by atoms with Crippen molar-refractivity contribution in [1.29, 1.82) is 0 Å². The van der Waals surface area contributed by atoms with Gasteiger partial charge in [-0.3, -0.25) is 0 Å². The van der Waals surface area contributed by atoms with E-state index in [4.69, 9.17) is 9.26 Å². The maximum Gasteiger partial charge on any atom is 0.257 e. The van der Waals surface area contributed by atoms with Crippen LogP contribution in [0.3, 0.4) is 0 Å². The van der Waals surface area contributed by atoms with Gasteiger partial charge in [-0.05, 0) is 19.1 Å². The number of benzene rings is 1. The first-order valence-corrected chi connectivity index (χ1v) is 6.05. The smallest absolute Gasteiger partial charge is 0.257 e. The zero-order valence-electron chi connectivity index (χ0n) is 10.2. The Morgan fingerprint density at radius 2 is 2.11 bits per heavy atom. The van der Waals surface area contributed by atoms with Crippen LogP contribution in [-0.2, 0) is 4.74 Å². The average Bonchev–Trinajstić information content (AvgIpc) is 2.90. The van der Waals surface area contributed by atoms with E-state index >= 15 is 0 Å². The van der Waals surface area contributed by atoms with Crippen LogP contribution in [0.1, 0.15) is 17.4 Å². The van der Waals surface area contributed by atoms with Crippen molar-refractivity contribution in [3.05, 3.63) is 35.7 Å². The van der Waals surface area contributed by atoms with Gasteiger partial charge in [0.2, 0.25) is 0 Å². The number of hydrogen-bond acceptors (Lipinski definition) is 5. The topological polar surface area (TPSA) is 60.2 Å². The maximum absolute atomic E-state index is 5.38. The van der Waals surface area contributed by atoms with Crippen molar-refractivity contribution >= 4 is 0 Å². The lowest BCUT2D eigenvalue weighted by Gasteiger charge is -2.20. The molecule has 1 atom stereocenters. The van der Waals surface area contributed by atoms with Gasteiger partial charge in [-0.2, -0.15) is 4.98 Å². The SMILES string of the molecule is Cc1ccc(-c2nc(C3COCCN3)no2)cc1. The molecule has 18 heavy (non-hydrogen) atoms. The highest BCUT2D eigenvalue weighted by Crippen LogP contribution is 2.20. The van der Waals surface area contributed by atoms with Gasteiger partial charge in [0.15, 0.2) is 5.82 Å². The van der Waals surface area contributed by atoms with E-state index in [1.807, 2.05) is 31.2 Å². The van der Waals surface area contributed by atoms with Crippen LogP contribution >= 0.6 is 0 Å². The standard InChI is InChI=1S/C13H15N3O2/c1-9-2-4-10(5-3-9)13-15-12(16-18-13)11-8-17-7-6-14-11/h2-5,11,14H,6-8H2,1H3. The molecule has 1 N–H and O–H groups in total. The predicted octanol–water partition coefficient (Wildman–Crippen LogP) is 1.71. The van der Waals surface area contributed by atoms with Crippen LogP contribution in [0, 0.1) is 6.92 Å². The highest BCUT2D eigenvalue weighted by molar-refractivity contribution is 5.53. The Hall–Kier alpha value is -1.72. The minimum Gasteiger partial charge on any atom is -0.378 e. The fraction of sp³-hybridized carbons (Fsp3) is 0.385. The lowest BCUT2D eigenvalue weighted by atomic mass is 10.1. The van der Waals surface area contributed by atoms with Crippen molar-refractivity contribution in [2.45, 2.75) is 13.0 Å². The number of nitrogens with zero attached hydrogens (tertiary/aromatic N) is 2. The Morgan fingerprint density at radius 1 is 1.28 bits per heavy atom. The number of aryl methyl sites for hydroxylation is 1. The van der Waals surface area contributed by atoms with Crippen molar-refractivity contribution in [2.75, 3.05) is 19.8 Å². The molecule has 3 rings (SSSR count). The lowest BCUT2D eigenvalue weighted by Crippen LogP contribution is -2.35. The minimum atomic E-state index is 0.0294. The lowest BCUT2D eigenvalue weighted by molar-refractivity contribution is 0.0734. The number of morpholine rings is 1. The fourth-order valence-electron chi connectivity index (χ4n) is 1.92. The van der Waals surface area contributed by atoms with Crippen LogP contribution in [0.2, 0.25) is 0 Å². The normalized spacial score (nSPS) is 19.9. The van der Waals surface area contributed by atoms with Gasteiger partial charge >= 0.3 is 0 Å². The zero-order chi connectivity index (χ0) is 12.4. The number of nitrogens with one attached hydrogen (secondary N) is 1. The van der Waals surface area contributed by atoms with Gasteiger partial charge in [0, 0.05) is 12.1 Å². The third-order valence-electron chi connectivity index (χ3n) is 2.97. The van der Waals surface area contributed by atoms with Gasteiger partial charge in [0.1, 0.15) is 0 Å². The first-order valence-electron chi connectivity index (χ1n) is 6.05. The molecule has 1 fully saturated rings. The molecule has 1 aliphatic heterocycles. The molecule has 2 heterocycles. The number of rotatable bonds is 2. The van der Waals surface area contributed by atoms with E-state index in [0.29, 0.717) is 18.3 Å². The Bertz CT molecular complexity index is 515. The molecule has 0 radical (unpaired) electrons. The van der Waals surface area contributed by atoms with Gasteiger partial charge in [-0.25, -0.2) is 0 Å². The van der Waals surface area contributed by atoms with Gasteiger partial charge < -0.3 is 14.6 Å². The monoisotopic (exact) mass is 245 g/mol. The molecule has 0 saturated carbocycles. The van der Waals surface area contributed by atoms with Crippen LogP contribution in [0.5, 0.6) is 0 Å². The minimum absolute atomic E-state index is 0.0294. The van der Waals surface area contributed by atoms with E-state index in [9.17, 15) is 0 Å². The van der Waals surface area contributed by atoms with Crippen molar-refractivity contribution in [2.24, 2.45) is 0 Å². The summed E-state index contributed by atoms with van der Waals surface area (Å²) in [5.74, 6) is 1.21. The van der Waals surface area contributed by atoms with Gasteiger partial charge in [-0.1, -0.05) is 22.9 Å². The Morgan fingerprint density at radius 3 is 2.83 bits per heavy atom. The quantitative estimate of drug-likeness (QED) is 0.872. The van der Waals surface area contributed by atoms with Crippen molar-refractivity contribution in [3.8, 4) is 11.5 Å². The van der Waals surface area contributed by atoms with Crippen molar-refractivity contribution in [1.82, 2.24) is 15.5 Å². The third-order valence-corrected chi connectivity index (χ3v) is 2.97. The molecule has 2 aromatic rings. The molecular formula is C13H15N3O2. The summed E-state index contributed by atoms with van der Waals surface area (Å²) in [5.41, 5.74) is 2.15. The fourth-order valence-corrected chi connectivity index (χ4v) is 1.92.